The molecule has 1 aliphatic heterocycles. The number of nitrogens with zero attached hydrogens (tertiary/aromatic N) is 1. The molecule has 3 aromatic rings. The molecule has 0 aliphatic carbocycles. The average molecular weight is 358 g/mol. The third-order valence-electron chi connectivity index (χ3n) is 4.80. The molecular weight excluding hydrogens is 338 g/mol. The van der Waals surface area contributed by atoms with Gasteiger partial charge in [0, 0.05) is 19.5 Å². The monoisotopic (exact) mass is 358 g/mol. The third-order valence-corrected chi connectivity index (χ3v) is 4.80. The SMILES string of the molecule is O=c1[nH]c2cc(CC3CN(CC(F)(F)Cc4ccccc4)C3)ccc2o1. The van der Waals surface area contributed by atoms with E-state index in [1.165, 1.54) is 0 Å². The number of nitrogens with one attached hydrogen (secondary N) is 1. The van der Waals surface area contributed by atoms with Crippen molar-refractivity contribution in [2.24, 2.45) is 5.92 Å². The molecule has 1 N–H and O–H groups in total. The summed E-state index contributed by atoms with van der Waals surface area (Å²) in [7, 11) is 0. The molecule has 0 spiro atoms. The Morgan fingerprint density at radius 2 is 1.88 bits per heavy atom. The predicted molar refractivity (Wildman–Crippen MR) is 95.6 cm³/mol. The van der Waals surface area contributed by atoms with Crippen LogP contribution >= 0.6 is 0 Å². The van der Waals surface area contributed by atoms with Crippen molar-refractivity contribution in [2.45, 2.75) is 18.8 Å². The first-order chi connectivity index (χ1) is 12.5. The van der Waals surface area contributed by atoms with E-state index < -0.39 is 11.7 Å². The van der Waals surface area contributed by atoms with Gasteiger partial charge in [-0.25, -0.2) is 13.6 Å². The van der Waals surface area contributed by atoms with Gasteiger partial charge >= 0.3 is 5.76 Å². The van der Waals surface area contributed by atoms with Crippen LogP contribution in [0.5, 0.6) is 0 Å². The Morgan fingerprint density at radius 3 is 2.65 bits per heavy atom. The molecule has 136 valence electrons. The maximum atomic E-state index is 14.2. The Labute approximate surface area is 149 Å². The molecule has 26 heavy (non-hydrogen) atoms. The van der Waals surface area contributed by atoms with E-state index in [1.807, 2.05) is 23.1 Å². The largest absolute Gasteiger partial charge is 0.417 e. The molecule has 1 aromatic heterocycles. The van der Waals surface area contributed by atoms with E-state index in [-0.39, 0.29) is 13.0 Å². The van der Waals surface area contributed by atoms with Gasteiger partial charge in [0.25, 0.3) is 5.92 Å². The fraction of sp³-hybridized carbons (Fsp3) is 0.350. The highest BCUT2D eigenvalue weighted by Gasteiger charge is 2.37. The molecule has 2 heterocycles. The van der Waals surface area contributed by atoms with Gasteiger partial charge in [-0.3, -0.25) is 9.88 Å². The van der Waals surface area contributed by atoms with Crippen molar-refractivity contribution in [2.75, 3.05) is 19.6 Å². The van der Waals surface area contributed by atoms with Crippen LogP contribution in [0, 0.1) is 5.92 Å². The summed E-state index contributed by atoms with van der Waals surface area (Å²) in [4.78, 5) is 15.6. The zero-order chi connectivity index (χ0) is 18.1. The molecule has 0 unspecified atom stereocenters. The summed E-state index contributed by atoms with van der Waals surface area (Å²) in [6.45, 7) is 1.14. The molecule has 0 radical (unpaired) electrons. The van der Waals surface area contributed by atoms with Crippen LogP contribution in [0.15, 0.2) is 57.7 Å². The zero-order valence-corrected chi connectivity index (χ0v) is 14.3. The summed E-state index contributed by atoms with van der Waals surface area (Å²) in [5.41, 5.74) is 2.96. The van der Waals surface area contributed by atoms with E-state index in [4.69, 9.17) is 4.42 Å². The molecule has 0 bridgehead atoms. The minimum atomic E-state index is -2.72. The van der Waals surface area contributed by atoms with Gasteiger partial charge in [-0.15, -0.1) is 0 Å². The van der Waals surface area contributed by atoms with E-state index >= 15 is 0 Å². The second kappa shape index (κ2) is 6.68. The first-order valence-corrected chi connectivity index (χ1v) is 8.73. The van der Waals surface area contributed by atoms with Crippen LogP contribution in [0.2, 0.25) is 0 Å². The second-order valence-corrected chi connectivity index (χ2v) is 7.13. The van der Waals surface area contributed by atoms with E-state index in [2.05, 4.69) is 4.98 Å². The van der Waals surface area contributed by atoms with Crippen LogP contribution in [0.1, 0.15) is 11.1 Å². The normalized spacial score (nSPS) is 16.1. The van der Waals surface area contributed by atoms with Gasteiger partial charge in [0.2, 0.25) is 0 Å². The van der Waals surface area contributed by atoms with Crippen molar-refractivity contribution in [1.82, 2.24) is 9.88 Å². The van der Waals surface area contributed by atoms with E-state index in [0.29, 0.717) is 35.7 Å². The predicted octanol–water partition coefficient (Wildman–Crippen LogP) is 3.47. The lowest BCUT2D eigenvalue weighted by molar-refractivity contribution is -0.0593. The summed E-state index contributed by atoms with van der Waals surface area (Å²) >= 11 is 0. The van der Waals surface area contributed by atoms with Crippen LogP contribution in [0.3, 0.4) is 0 Å². The van der Waals surface area contributed by atoms with Crippen molar-refractivity contribution in [1.29, 1.82) is 0 Å². The number of fused-ring (bicyclic) bond motifs is 1. The molecule has 1 saturated heterocycles. The Kier molecular flexibility index (Phi) is 4.36. The lowest BCUT2D eigenvalue weighted by atomic mass is 9.91. The summed E-state index contributed by atoms with van der Waals surface area (Å²) in [6.07, 6.45) is 0.587. The number of rotatable bonds is 6. The van der Waals surface area contributed by atoms with Crippen LogP contribution in [0.25, 0.3) is 11.1 Å². The lowest BCUT2D eigenvalue weighted by Gasteiger charge is -2.41. The van der Waals surface area contributed by atoms with Crippen molar-refractivity contribution in [3.05, 3.63) is 70.2 Å². The maximum Gasteiger partial charge on any atom is 0.417 e. The number of alkyl halides is 2. The average Bonchev–Trinajstić information content (AvgIpc) is 2.92. The van der Waals surface area contributed by atoms with Crippen molar-refractivity contribution in [3.8, 4) is 0 Å². The minimum Gasteiger partial charge on any atom is -0.408 e. The Morgan fingerprint density at radius 1 is 1.12 bits per heavy atom. The van der Waals surface area contributed by atoms with Gasteiger partial charge < -0.3 is 4.42 Å². The van der Waals surface area contributed by atoms with Crippen LogP contribution in [-0.2, 0) is 12.8 Å². The molecule has 4 rings (SSSR count). The van der Waals surface area contributed by atoms with Crippen molar-refractivity contribution < 1.29 is 13.2 Å². The Hall–Kier alpha value is -2.47. The summed E-state index contributed by atoms with van der Waals surface area (Å²) in [6, 6.07) is 14.5. The van der Waals surface area contributed by atoms with Crippen molar-refractivity contribution >= 4 is 11.1 Å². The number of aromatic amines is 1. The number of H-pyrrole nitrogens is 1. The molecule has 0 atom stereocenters. The number of aromatic nitrogens is 1. The highest BCUT2D eigenvalue weighted by molar-refractivity contribution is 5.72. The Bertz CT molecular complexity index is 943. The molecule has 6 heteroatoms. The second-order valence-electron chi connectivity index (χ2n) is 7.13. The summed E-state index contributed by atoms with van der Waals surface area (Å²) in [5.74, 6) is -2.83. The first kappa shape index (κ1) is 17.0. The number of halogens is 2. The van der Waals surface area contributed by atoms with E-state index in [1.54, 1.807) is 30.3 Å². The number of likely N-dealkylation sites (tertiary alicyclic amines) is 1. The van der Waals surface area contributed by atoms with Crippen LogP contribution in [0.4, 0.5) is 8.78 Å². The van der Waals surface area contributed by atoms with Crippen LogP contribution < -0.4 is 5.76 Å². The number of hydrogen-bond donors (Lipinski definition) is 1. The number of oxazole rings is 1. The van der Waals surface area contributed by atoms with E-state index in [0.717, 1.165) is 12.0 Å². The Balaban J connectivity index is 1.29. The molecule has 1 aliphatic rings. The van der Waals surface area contributed by atoms with Gasteiger partial charge in [0.15, 0.2) is 5.58 Å². The lowest BCUT2D eigenvalue weighted by Crippen LogP contribution is -2.52. The minimum absolute atomic E-state index is 0.202. The van der Waals surface area contributed by atoms with Crippen molar-refractivity contribution in [3.63, 3.8) is 0 Å². The third kappa shape index (κ3) is 3.85. The summed E-state index contributed by atoms with van der Waals surface area (Å²) < 4.78 is 33.4. The van der Waals surface area contributed by atoms with Gasteiger partial charge in [-0.05, 0) is 35.6 Å². The van der Waals surface area contributed by atoms with Gasteiger partial charge in [-0.1, -0.05) is 36.4 Å². The zero-order valence-electron chi connectivity index (χ0n) is 14.3. The van der Waals surface area contributed by atoms with Gasteiger partial charge in [0.05, 0.1) is 12.1 Å². The molecule has 4 nitrogen and oxygen atoms in total. The molecular formula is C20H20F2N2O2. The van der Waals surface area contributed by atoms with E-state index in [9.17, 15) is 13.6 Å². The first-order valence-electron chi connectivity index (χ1n) is 8.73. The summed E-state index contributed by atoms with van der Waals surface area (Å²) in [5, 5.41) is 0. The smallest absolute Gasteiger partial charge is 0.408 e. The molecule has 0 amide bonds. The highest BCUT2D eigenvalue weighted by atomic mass is 19.3. The van der Waals surface area contributed by atoms with Gasteiger partial charge in [0.1, 0.15) is 0 Å². The number of benzene rings is 2. The fourth-order valence-corrected chi connectivity index (χ4v) is 3.67. The quantitative estimate of drug-likeness (QED) is 0.734. The molecule has 0 saturated carbocycles. The number of hydrogen-bond acceptors (Lipinski definition) is 3. The maximum absolute atomic E-state index is 14.2. The fourth-order valence-electron chi connectivity index (χ4n) is 3.67. The topological polar surface area (TPSA) is 49.2 Å². The highest BCUT2D eigenvalue weighted by Crippen LogP contribution is 2.27. The van der Waals surface area contributed by atoms with Gasteiger partial charge in [-0.2, -0.15) is 0 Å². The molecule has 2 aromatic carbocycles. The standard InChI is InChI=1S/C20H20F2N2O2/c21-20(22,10-14-4-2-1-3-5-14)13-24-11-16(12-24)8-15-6-7-18-17(9-15)23-19(25)26-18/h1-7,9,16H,8,10-13H2,(H,23,25). The van der Waals surface area contributed by atoms with Crippen LogP contribution in [-0.4, -0.2) is 35.4 Å². The molecule has 1 fully saturated rings.